The number of amides is 1. The molecule has 1 aromatic heterocycles. The van der Waals surface area contributed by atoms with Crippen molar-refractivity contribution in [2.24, 2.45) is 0 Å². The number of hydrogen-bond acceptors (Lipinski definition) is 5. The minimum atomic E-state index is -0.679. The Bertz CT molecular complexity index is 979. The van der Waals surface area contributed by atoms with E-state index in [0.717, 1.165) is 48.9 Å². The molecule has 1 unspecified atom stereocenters. The van der Waals surface area contributed by atoms with E-state index in [4.69, 9.17) is 9.47 Å². The highest BCUT2D eigenvalue weighted by molar-refractivity contribution is 5.94. The summed E-state index contributed by atoms with van der Waals surface area (Å²) in [5.41, 5.74) is 3.67. The molecule has 7 heteroatoms. The summed E-state index contributed by atoms with van der Waals surface area (Å²) in [6, 6.07) is 17.6. The Balaban J connectivity index is 1.36. The molecule has 30 heavy (non-hydrogen) atoms. The molecule has 1 amide bonds. The van der Waals surface area contributed by atoms with Gasteiger partial charge in [0.15, 0.2) is 6.10 Å². The fraction of sp³-hybridized carbons (Fsp3) is 0.304. The molecule has 2 heterocycles. The van der Waals surface area contributed by atoms with Crippen LogP contribution in [0, 0.1) is 6.92 Å². The van der Waals surface area contributed by atoms with Gasteiger partial charge in [-0.2, -0.15) is 0 Å². The maximum Gasteiger partial charge on any atom is 0.265 e. The summed E-state index contributed by atoms with van der Waals surface area (Å²) < 4.78 is 13.0. The summed E-state index contributed by atoms with van der Waals surface area (Å²) in [7, 11) is 0. The molecule has 0 radical (unpaired) electrons. The van der Waals surface area contributed by atoms with Gasteiger partial charge < -0.3 is 19.7 Å². The average Bonchev–Trinajstić information content (AvgIpc) is 3.15. The Morgan fingerprint density at radius 1 is 1.07 bits per heavy atom. The zero-order valence-electron chi connectivity index (χ0n) is 17.2. The summed E-state index contributed by atoms with van der Waals surface area (Å²) in [6.07, 6.45) is 1.21. The third kappa shape index (κ3) is 4.63. The number of nitrogens with zero attached hydrogens (tertiary/aromatic N) is 3. The number of ether oxygens (including phenoxy) is 2. The molecule has 1 N–H and O–H groups in total. The molecule has 1 saturated heterocycles. The Morgan fingerprint density at radius 2 is 1.77 bits per heavy atom. The summed E-state index contributed by atoms with van der Waals surface area (Å²) >= 11 is 0. The van der Waals surface area contributed by atoms with Crippen LogP contribution in [-0.4, -0.2) is 48.1 Å². The first-order chi connectivity index (χ1) is 14.6. The lowest BCUT2D eigenvalue weighted by Crippen LogP contribution is -2.36. The molecular weight excluding hydrogens is 380 g/mol. The Labute approximate surface area is 176 Å². The van der Waals surface area contributed by atoms with E-state index < -0.39 is 6.10 Å². The van der Waals surface area contributed by atoms with E-state index in [1.54, 1.807) is 11.6 Å². The van der Waals surface area contributed by atoms with Gasteiger partial charge in [-0.15, -0.1) is 5.10 Å². The molecule has 1 aliphatic heterocycles. The first-order valence-electron chi connectivity index (χ1n) is 10.1. The van der Waals surface area contributed by atoms with Crippen LogP contribution in [0.25, 0.3) is 5.69 Å². The lowest BCUT2D eigenvalue weighted by atomic mass is 10.2. The fourth-order valence-corrected chi connectivity index (χ4v) is 3.32. The van der Waals surface area contributed by atoms with Gasteiger partial charge in [0.2, 0.25) is 5.88 Å². The molecule has 0 aliphatic carbocycles. The number of morpholine rings is 1. The first kappa shape index (κ1) is 20.0. The van der Waals surface area contributed by atoms with E-state index in [2.05, 4.69) is 15.3 Å². The van der Waals surface area contributed by atoms with Gasteiger partial charge >= 0.3 is 0 Å². The van der Waals surface area contributed by atoms with Gasteiger partial charge in [0.25, 0.3) is 5.91 Å². The number of aryl methyl sites for hydroxylation is 1. The lowest BCUT2D eigenvalue weighted by Gasteiger charge is -2.28. The summed E-state index contributed by atoms with van der Waals surface area (Å²) in [5.74, 6) is 0.229. The van der Waals surface area contributed by atoms with Crippen molar-refractivity contribution in [3.63, 3.8) is 0 Å². The molecular formula is C23H26N4O3. The second kappa shape index (κ2) is 9.00. The van der Waals surface area contributed by atoms with Gasteiger partial charge in [-0.3, -0.25) is 4.79 Å². The highest BCUT2D eigenvalue weighted by atomic mass is 16.5. The minimum Gasteiger partial charge on any atom is -0.463 e. The quantitative estimate of drug-likeness (QED) is 0.679. The van der Waals surface area contributed by atoms with Gasteiger partial charge in [0.1, 0.15) is 0 Å². The smallest absolute Gasteiger partial charge is 0.265 e. The molecule has 2 aromatic carbocycles. The molecule has 1 fully saturated rings. The van der Waals surface area contributed by atoms with Crippen LogP contribution < -0.4 is 15.0 Å². The van der Waals surface area contributed by atoms with Crippen LogP contribution in [0.15, 0.2) is 60.8 Å². The highest BCUT2D eigenvalue weighted by Crippen LogP contribution is 2.21. The van der Waals surface area contributed by atoms with Crippen LogP contribution >= 0.6 is 0 Å². The Morgan fingerprint density at radius 3 is 2.47 bits per heavy atom. The normalized spacial score (nSPS) is 14.9. The first-order valence-corrected chi connectivity index (χ1v) is 10.1. The molecule has 0 bridgehead atoms. The van der Waals surface area contributed by atoms with Gasteiger partial charge in [0.05, 0.1) is 18.9 Å². The molecule has 1 atom stereocenters. The second-order valence-electron chi connectivity index (χ2n) is 7.29. The predicted molar refractivity (Wildman–Crippen MR) is 116 cm³/mol. The lowest BCUT2D eigenvalue weighted by molar-refractivity contribution is -0.122. The van der Waals surface area contributed by atoms with Crippen molar-refractivity contribution in [1.29, 1.82) is 0 Å². The van der Waals surface area contributed by atoms with Gasteiger partial charge in [-0.25, -0.2) is 4.68 Å². The van der Waals surface area contributed by atoms with E-state index in [9.17, 15) is 4.79 Å². The van der Waals surface area contributed by atoms with Crippen molar-refractivity contribution < 1.29 is 14.3 Å². The maximum atomic E-state index is 12.6. The molecule has 1 aliphatic rings. The zero-order chi connectivity index (χ0) is 20.9. The monoisotopic (exact) mass is 406 g/mol. The summed E-state index contributed by atoms with van der Waals surface area (Å²) in [4.78, 5) is 14.9. The van der Waals surface area contributed by atoms with E-state index in [1.807, 2.05) is 67.7 Å². The zero-order valence-corrected chi connectivity index (χ0v) is 17.2. The number of para-hydroxylation sites is 1. The van der Waals surface area contributed by atoms with E-state index in [-0.39, 0.29) is 5.91 Å². The van der Waals surface area contributed by atoms with E-state index in [1.165, 1.54) is 0 Å². The minimum absolute atomic E-state index is 0.220. The summed E-state index contributed by atoms with van der Waals surface area (Å²) in [6.45, 7) is 6.88. The van der Waals surface area contributed by atoms with Gasteiger partial charge in [0, 0.05) is 36.2 Å². The fourth-order valence-electron chi connectivity index (χ4n) is 3.32. The molecule has 4 rings (SSSR count). The number of benzene rings is 2. The number of rotatable bonds is 6. The van der Waals surface area contributed by atoms with Crippen molar-refractivity contribution in [2.75, 3.05) is 36.5 Å². The molecule has 156 valence electrons. The Hall–Kier alpha value is -3.32. The van der Waals surface area contributed by atoms with Crippen molar-refractivity contribution in [2.45, 2.75) is 20.0 Å². The third-order valence-corrected chi connectivity index (χ3v) is 5.04. The molecule has 0 saturated carbocycles. The van der Waals surface area contributed by atoms with Crippen molar-refractivity contribution >= 4 is 17.3 Å². The topological polar surface area (TPSA) is 68.6 Å². The van der Waals surface area contributed by atoms with E-state index >= 15 is 0 Å². The van der Waals surface area contributed by atoms with Gasteiger partial charge in [-0.05, 0) is 50.2 Å². The van der Waals surface area contributed by atoms with Crippen LogP contribution in [0.3, 0.4) is 0 Å². The van der Waals surface area contributed by atoms with Crippen LogP contribution in [-0.2, 0) is 9.53 Å². The van der Waals surface area contributed by atoms with Crippen molar-refractivity contribution in [1.82, 2.24) is 9.78 Å². The second-order valence-corrected chi connectivity index (χ2v) is 7.29. The maximum absolute atomic E-state index is 12.6. The average molecular weight is 406 g/mol. The SMILES string of the molecule is Cc1cn(-c2ccccc2)nc1OC(C)C(=O)Nc1ccc(N2CCOCC2)cc1. The molecule has 3 aromatic rings. The largest absolute Gasteiger partial charge is 0.463 e. The molecule has 7 nitrogen and oxygen atoms in total. The molecule has 0 spiro atoms. The standard InChI is InChI=1S/C23H26N4O3/c1-17-16-27(21-6-4-3-5-7-21)25-23(17)30-18(2)22(28)24-19-8-10-20(11-9-19)26-12-14-29-15-13-26/h3-11,16,18H,12-15H2,1-2H3,(H,24,28). The van der Waals surface area contributed by atoms with Crippen LogP contribution in [0.5, 0.6) is 5.88 Å². The summed E-state index contributed by atoms with van der Waals surface area (Å²) in [5, 5.41) is 7.38. The number of carbonyl (C=O) groups excluding carboxylic acids is 1. The third-order valence-electron chi connectivity index (χ3n) is 5.04. The van der Waals surface area contributed by atoms with Crippen LogP contribution in [0.1, 0.15) is 12.5 Å². The van der Waals surface area contributed by atoms with E-state index in [0.29, 0.717) is 5.88 Å². The highest BCUT2D eigenvalue weighted by Gasteiger charge is 2.19. The number of carbonyl (C=O) groups is 1. The Kier molecular flexibility index (Phi) is 5.99. The number of nitrogens with one attached hydrogen (secondary N) is 1. The number of anilines is 2. The number of hydrogen-bond donors (Lipinski definition) is 1. The van der Waals surface area contributed by atoms with Gasteiger partial charge in [-0.1, -0.05) is 18.2 Å². The van der Waals surface area contributed by atoms with Crippen LogP contribution in [0.4, 0.5) is 11.4 Å². The predicted octanol–water partition coefficient (Wildman–Crippen LogP) is 3.42. The van der Waals surface area contributed by atoms with Crippen molar-refractivity contribution in [3.8, 4) is 11.6 Å². The van der Waals surface area contributed by atoms with Crippen LogP contribution in [0.2, 0.25) is 0 Å². The van der Waals surface area contributed by atoms with Crippen molar-refractivity contribution in [3.05, 3.63) is 66.4 Å². The number of aromatic nitrogens is 2.